The predicted octanol–water partition coefficient (Wildman–Crippen LogP) is 5.13. The van der Waals surface area contributed by atoms with Gasteiger partial charge in [0.15, 0.2) is 0 Å². The van der Waals surface area contributed by atoms with Crippen LogP contribution < -0.4 is 0 Å². The summed E-state index contributed by atoms with van der Waals surface area (Å²) in [4.78, 5) is 0. The van der Waals surface area contributed by atoms with Crippen LogP contribution in [0.15, 0.2) is 48.5 Å². The maximum absolute atomic E-state index is 2.28. The predicted molar refractivity (Wildman–Crippen MR) is 83.1 cm³/mol. The minimum absolute atomic E-state index is 1.17. The van der Waals surface area contributed by atoms with Crippen molar-refractivity contribution in [1.29, 1.82) is 0 Å². The van der Waals surface area contributed by atoms with Gasteiger partial charge in [-0.1, -0.05) is 48.5 Å². The first-order valence-electron chi connectivity index (χ1n) is 7.10. The summed E-state index contributed by atoms with van der Waals surface area (Å²) in [6.07, 6.45) is 3.57. The summed E-state index contributed by atoms with van der Waals surface area (Å²) < 4.78 is 0. The van der Waals surface area contributed by atoms with Crippen molar-refractivity contribution in [3.8, 4) is 0 Å². The van der Waals surface area contributed by atoms with Crippen LogP contribution in [0.3, 0.4) is 0 Å². The van der Waals surface area contributed by atoms with Gasteiger partial charge < -0.3 is 0 Å². The summed E-state index contributed by atoms with van der Waals surface area (Å²) in [5.41, 5.74) is 8.32. The van der Waals surface area contributed by atoms with Crippen molar-refractivity contribution < 1.29 is 0 Å². The van der Waals surface area contributed by atoms with Gasteiger partial charge in [-0.15, -0.1) is 0 Å². The van der Waals surface area contributed by atoms with Crippen molar-refractivity contribution in [2.75, 3.05) is 0 Å². The van der Waals surface area contributed by atoms with Gasteiger partial charge in [0.25, 0.3) is 0 Å². The number of benzene rings is 2. The monoisotopic (exact) mass is 248 g/mol. The van der Waals surface area contributed by atoms with Gasteiger partial charge in [0.1, 0.15) is 0 Å². The van der Waals surface area contributed by atoms with E-state index in [0.29, 0.717) is 0 Å². The molecule has 0 saturated heterocycles. The molecule has 4 bridgehead atoms. The molecule has 96 valence electrons. The fourth-order valence-corrected chi connectivity index (χ4v) is 2.77. The van der Waals surface area contributed by atoms with Gasteiger partial charge in [-0.3, -0.25) is 0 Å². The van der Waals surface area contributed by atoms with E-state index in [9.17, 15) is 0 Å². The van der Waals surface area contributed by atoms with Crippen LogP contribution in [0.4, 0.5) is 0 Å². The first-order chi connectivity index (χ1) is 9.24. The SMILES string of the molecule is C/C1=C(\C)c2ccc(cc2)CCCc2ccc1cc2. The lowest BCUT2D eigenvalue weighted by Crippen LogP contribution is -1.90. The summed E-state index contributed by atoms with van der Waals surface area (Å²) in [6, 6.07) is 18.2. The summed E-state index contributed by atoms with van der Waals surface area (Å²) in [7, 11) is 0. The Kier molecular flexibility index (Phi) is 3.25. The Morgan fingerprint density at radius 3 is 1.32 bits per heavy atom. The molecule has 2 aromatic rings. The van der Waals surface area contributed by atoms with Crippen LogP contribution in [-0.4, -0.2) is 0 Å². The molecule has 19 heavy (non-hydrogen) atoms. The number of rotatable bonds is 0. The van der Waals surface area contributed by atoms with Crippen LogP contribution in [0.25, 0.3) is 11.1 Å². The van der Waals surface area contributed by atoms with E-state index in [2.05, 4.69) is 62.4 Å². The number of hydrogen-bond donors (Lipinski definition) is 0. The van der Waals surface area contributed by atoms with Crippen molar-refractivity contribution in [2.45, 2.75) is 33.1 Å². The first kappa shape index (κ1) is 12.2. The van der Waals surface area contributed by atoms with Gasteiger partial charge >= 0.3 is 0 Å². The fourth-order valence-electron chi connectivity index (χ4n) is 2.77. The molecule has 0 heterocycles. The Balaban J connectivity index is 2.14. The van der Waals surface area contributed by atoms with Crippen molar-refractivity contribution in [3.05, 3.63) is 70.8 Å². The molecule has 4 aliphatic rings. The van der Waals surface area contributed by atoms with Crippen molar-refractivity contribution in [1.82, 2.24) is 0 Å². The highest BCUT2D eigenvalue weighted by molar-refractivity contribution is 5.88. The third-order valence-electron chi connectivity index (χ3n) is 4.27. The molecular formula is C19H20. The Bertz CT molecular complexity index is 542. The van der Waals surface area contributed by atoms with Gasteiger partial charge in [-0.25, -0.2) is 0 Å². The lowest BCUT2D eigenvalue weighted by Gasteiger charge is -2.09. The third-order valence-corrected chi connectivity index (χ3v) is 4.27. The van der Waals surface area contributed by atoms with E-state index in [0.717, 1.165) is 0 Å². The van der Waals surface area contributed by atoms with Crippen LogP contribution in [-0.2, 0) is 12.8 Å². The van der Waals surface area contributed by atoms with E-state index in [1.807, 2.05) is 0 Å². The molecule has 0 amide bonds. The van der Waals surface area contributed by atoms with Gasteiger partial charge in [0, 0.05) is 0 Å². The molecule has 0 atom stereocenters. The standard InChI is InChI=1S/C19H20/c1-14-15(2)19-12-8-17(9-13-19)5-3-4-16-6-10-18(14)11-7-16/h6-13H,3-5H2,1-2H3/b15-14-. The third kappa shape index (κ3) is 2.49. The molecule has 0 heteroatoms. The van der Waals surface area contributed by atoms with Crippen LogP contribution in [0.2, 0.25) is 0 Å². The lowest BCUT2D eigenvalue weighted by atomic mass is 9.96. The summed E-state index contributed by atoms with van der Waals surface area (Å²) in [5.74, 6) is 0. The Hall–Kier alpha value is -1.82. The van der Waals surface area contributed by atoms with Crippen LogP contribution >= 0.6 is 0 Å². The summed E-state index contributed by atoms with van der Waals surface area (Å²) in [6.45, 7) is 4.44. The van der Waals surface area contributed by atoms with Crippen molar-refractivity contribution in [3.63, 3.8) is 0 Å². The van der Waals surface area contributed by atoms with E-state index in [1.165, 1.54) is 52.7 Å². The molecule has 0 nitrogen and oxygen atoms in total. The van der Waals surface area contributed by atoms with E-state index < -0.39 is 0 Å². The molecule has 0 aromatic heterocycles. The zero-order valence-corrected chi connectivity index (χ0v) is 11.7. The van der Waals surface area contributed by atoms with E-state index in [4.69, 9.17) is 0 Å². The normalized spacial score (nSPS) is 18.8. The molecule has 0 saturated carbocycles. The van der Waals surface area contributed by atoms with E-state index in [1.54, 1.807) is 0 Å². The first-order valence-corrected chi connectivity index (χ1v) is 7.10. The van der Waals surface area contributed by atoms with Gasteiger partial charge in [-0.2, -0.15) is 0 Å². The van der Waals surface area contributed by atoms with Crippen molar-refractivity contribution >= 4 is 11.1 Å². The Labute approximate surface area is 115 Å². The Morgan fingerprint density at radius 2 is 0.947 bits per heavy atom. The highest BCUT2D eigenvalue weighted by Gasteiger charge is 2.05. The highest BCUT2D eigenvalue weighted by Crippen LogP contribution is 2.27. The molecule has 0 unspecified atom stereocenters. The molecule has 0 aliphatic heterocycles. The van der Waals surface area contributed by atoms with Crippen molar-refractivity contribution in [2.24, 2.45) is 0 Å². The minimum Gasteiger partial charge on any atom is -0.0584 e. The number of aryl methyl sites for hydroxylation is 2. The van der Waals surface area contributed by atoms with E-state index >= 15 is 0 Å². The van der Waals surface area contributed by atoms with Gasteiger partial charge in [-0.05, 0) is 66.5 Å². The summed E-state index contributed by atoms with van der Waals surface area (Å²) >= 11 is 0. The zero-order valence-electron chi connectivity index (χ0n) is 11.7. The molecule has 6 rings (SSSR count). The smallest absolute Gasteiger partial charge is 0.0224 e. The molecule has 0 N–H and O–H groups in total. The van der Waals surface area contributed by atoms with Gasteiger partial charge in [0.05, 0.1) is 0 Å². The maximum atomic E-state index is 2.28. The average molecular weight is 248 g/mol. The molecule has 0 radical (unpaired) electrons. The topological polar surface area (TPSA) is 0 Å². The van der Waals surface area contributed by atoms with Crippen LogP contribution in [0.1, 0.15) is 42.5 Å². The second-order valence-electron chi connectivity index (χ2n) is 5.50. The fraction of sp³-hybridized carbons (Fsp3) is 0.263. The zero-order chi connectivity index (χ0) is 13.2. The largest absolute Gasteiger partial charge is 0.0584 e. The second kappa shape index (κ2) is 5.05. The summed E-state index contributed by atoms with van der Waals surface area (Å²) in [5, 5.41) is 0. The minimum atomic E-state index is 1.17. The van der Waals surface area contributed by atoms with Crippen LogP contribution in [0, 0.1) is 0 Å². The Morgan fingerprint density at radius 1 is 0.579 bits per heavy atom. The molecule has 4 aliphatic carbocycles. The number of hydrogen-bond acceptors (Lipinski definition) is 0. The maximum Gasteiger partial charge on any atom is -0.0224 e. The molecular weight excluding hydrogens is 228 g/mol. The van der Waals surface area contributed by atoms with Gasteiger partial charge in [0.2, 0.25) is 0 Å². The highest BCUT2D eigenvalue weighted by atomic mass is 14.1. The van der Waals surface area contributed by atoms with Crippen LogP contribution in [0.5, 0.6) is 0 Å². The van der Waals surface area contributed by atoms with E-state index in [-0.39, 0.29) is 0 Å². The molecule has 0 spiro atoms. The average Bonchev–Trinajstić information content (AvgIpc) is 2.49. The second-order valence-corrected chi connectivity index (χ2v) is 5.50. The molecule has 0 fully saturated rings. The quantitative estimate of drug-likeness (QED) is 0.606. The molecule has 2 aromatic carbocycles. The lowest BCUT2D eigenvalue weighted by molar-refractivity contribution is 0.820. The number of allylic oxidation sites excluding steroid dienone is 2.